The maximum atomic E-state index is 11.6. The van der Waals surface area contributed by atoms with Crippen LogP contribution in [0, 0.1) is 0 Å². The SMILES string of the molecule is O=C(CCCc1ccccc1)NCCn1cncn1. The summed E-state index contributed by atoms with van der Waals surface area (Å²) in [5.74, 6) is 0.0936. The van der Waals surface area contributed by atoms with Crippen molar-refractivity contribution in [1.29, 1.82) is 0 Å². The van der Waals surface area contributed by atoms with Gasteiger partial charge in [-0.1, -0.05) is 30.3 Å². The molecule has 0 bridgehead atoms. The molecule has 2 aromatic rings. The van der Waals surface area contributed by atoms with E-state index in [1.807, 2.05) is 18.2 Å². The van der Waals surface area contributed by atoms with E-state index in [4.69, 9.17) is 0 Å². The van der Waals surface area contributed by atoms with Gasteiger partial charge in [0.25, 0.3) is 0 Å². The van der Waals surface area contributed by atoms with Crippen molar-refractivity contribution < 1.29 is 4.79 Å². The molecular formula is C14H18N4O. The molecule has 0 aliphatic carbocycles. The number of aryl methyl sites for hydroxylation is 1. The monoisotopic (exact) mass is 258 g/mol. The van der Waals surface area contributed by atoms with E-state index in [1.165, 1.54) is 11.9 Å². The first-order valence-corrected chi connectivity index (χ1v) is 6.47. The molecular weight excluding hydrogens is 240 g/mol. The zero-order valence-corrected chi connectivity index (χ0v) is 10.8. The molecule has 1 aromatic heterocycles. The summed E-state index contributed by atoms with van der Waals surface area (Å²) in [5, 5.41) is 6.85. The lowest BCUT2D eigenvalue weighted by Crippen LogP contribution is -2.27. The Labute approximate surface area is 112 Å². The molecule has 100 valence electrons. The zero-order valence-electron chi connectivity index (χ0n) is 10.8. The topological polar surface area (TPSA) is 59.8 Å². The minimum atomic E-state index is 0.0936. The van der Waals surface area contributed by atoms with Gasteiger partial charge < -0.3 is 5.32 Å². The number of carbonyl (C=O) groups is 1. The molecule has 0 unspecified atom stereocenters. The highest BCUT2D eigenvalue weighted by Gasteiger charge is 2.01. The Morgan fingerprint density at radius 1 is 1.26 bits per heavy atom. The minimum Gasteiger partial charge on any atom is -0.354 e. The van der Waals surface area contributed by atoms with Gasteiger partial charge in [-0.2, -0.15) is 5.10 Å². The molecule has 0 fully saturated rings. The summed E-state index contributed by atoms with van der Waals surface area (Å²) >= 11 is 0. The summed E-state index contributed by atoms with van der Waals surface area (Å²) in [5.41, 5.74) is 1.28. The van der Waals surface area contributed by atoms with Gasteiger partial charge in [0.15, 0.2) is 0 Å². The molecule has 19 heavy (non-hydrogen) atoms. The number of benzene rings is 1. The average molecular weight is 258 g/mol. The molecule has 0 aliphatic rings. The molecule has 2 rings (SSSR count). The van der Waals surface area contributed by atoms with Crippen molar-refractivity contribution in [3.63, 3.8) is 0 Å². The van der Waals surface area contributed by atoms with E-state index in [0.29, 0.717) is 19.5 Å². The van der Waals surface area contributed by atoms with Crippen LogP contribution in [0.15, 0.2) is 43.0 Å². The van der Waals surface area contributed by atoms with E-state index < -0.39 is 0 Å². The second-order valence-corrected chi connectivity index (χ2v) is 4.35. The van der Waals surface area contributed by atoms with Gasteiger partial charge in [0, 0.05) is 13.0 Å². The van der Waals surface area contributed by atoms with Crippen LogP contribution in [0.3, 0.4) is 0 Å². The Balaban J connectivity index is 1.57. The van der Waals surface area contributed by atoms with E-state index in [2.05, 4.69) is 27.5 Å². The van der Waals surface area contributed by atoms with E-state index in [0.717, 1.165) is 12.8 Å². The highest BCUT2D eigenvalue weighted by atomic mass is 16.1. The summed E-state index contributed by atoms with van der Waals surface area (Å²) in [6, 6.07) is 10.2. The molecule has 5 nitrogen and oxygen atoms in total. The van der Waals surface area contributed by atoms with Gasteiger partial charge >= 0.3 is 0 Å². The maximum Gasteiger partial charge on any atom is 0.220 e. The van der Waals surface area contributed by atoms with Crippen LogP contribution >= 0.6 is 0 Å². The molecule has 0 aliphatic heterocycles. The van der Waals surface area contributed by atoms with Crippen molar-refractivity contribution in [3.05, 3.63) is 48.5 Å². The maximum absolute atomic E-state index is 11.6. The van der Waals surface area contributed by atoms with Gasteiger partial charge in [0.05, 0.1) is 6.54 Å². The molecule has 1 amide bonds. The van der Waals surface area contributed by atoms with Gasteiger partial charge in [0.2, 0.25) is 5.91 Å². The fourth-order valence-corrected chi connectivity index (χ4v) is 1.84. The summed E-state index contributed by atoms with van der Waals surface area (Å²) < 4.78 is 1.70. The van der Waals surface area contributed by atoms with Crippen molar-refractivity contribution in [3.8, 4) is 0 Å². The summed E-state index contributed by atoms with van der Waals surface area (Å²) in [6.07, 6.45) is 5.51. The highest BCUT2D eigenvalue weighted by Crippen LogP contribution is 2.04. The predicted octanol–water partition coefficient (Wildman–Crippen LogP) is 1.42. The Morgan fingerprint density at radius 3 is 2.84 bits per heavy atom. The van der Waals surface area contributed by atoms with Gasteiger partial charge in [-0.05, 0) is 18.4 Å². The van der Waals surface area contributed by atoms with Gasteiger partial charge in [-0.15, -0.1) is 0 Å². The molecule has 1 N–H and O–H groups in total. The van der Waals surface area contributed by atoms with Crippen molar-refractivity contribution in [1.82, 2.24) is 20.1 Å². The number of aromatic nitrogens is 3. The Kier molecular flexibility index (Phi) is 5.10. The zero-order chi connectivity index (χ0) is 13.3. The number of nitrogens with zero attached hydrogens (tertiary/aromatic N) is 3. The van der Waals surface area contributed by atoms with Gasteiger partial charge in [-0.3, -0.25) is 9.48 Å². The lowest BCUT2D eigenvalue weighted by atomic mass is 10.1. The summed E-state index contributed by atoms with van der Waals surface area (Å²) in [6.45, 7) is 1.25. The van der Waals surface area contributed by atoms with Crippen LogP contribution in [0.25, 0.3) is 0 Å². The first kappa shape index (κ1) is 13.3. The molecule has 5 heteroatoms. The van der Waals surface area contributed by atoms with Crippen LogP contribution in [0.1, 0.15) is 18.4 Å². The Morgan fingerprint density at radius 2 is 2.11 bits per heavy atom. The molecule has 0 spiro atoms. The summed E-state index contributed by atoms with van der Waals surface area (Å²) in [7, 11) is 0. The Bertz CT molecular complexity index is 481. The van der Waals surface area contributed by atoms with Crippen LogP contribution < -0.4 is 5.32 Å². The third-order valence-corrected chi connectivity index (χ3v) is 2.84. The quantitative estimate of drug-likeness (QED) is 0.817. The van der Waals surface area contributed by atoms with E-state index in [9.17, 15) is 4.79 Å². The lowest BCUT2D eigenvalue weighted by Gasteiger charge is -2.05. The van der Waals surface area contributed by atoms with Crippen LogP contribution in [0.4, 0.5) is 0 Å². The minimum absolute atomic E-state index is 0.0936. The van der Waals surface area contributed by atoms with Gasteiger partial charge in [0.1, 0.15) is 12.7 Å². The smallest absolute Gasteiger partial charge is 0.220 e. The summed E-state index contributed by atoms with van der Waals surface area (Å²) in [4.78, 5) is 15.4. The van der Waals surface area contributed by atoms with Crippen molar-refractivity contribution in [2.75, 3.05) is 6.54 Å². The van der Waals surface area contributed by atoms with Crippen molar-refractivity contribution in [2.45, 2.75) is 25.8 Å². The molecule has 0 atom stereocenters. The van der Waals surface area contributed by atoms with E-state index >= 15 is 0 Å². The standard InChI is InChI=1S/C14H18N4O/c19-14(16-9-10-18-12-15-11-17-18)8-4-7-13-5-2-1-3-6-13/h1-3,5-6,11-12H,4,7-10H2,(H,16,19). The first-order valence-electron chi connectivity index (χ1n) is 6.47. The predicted molar refractivity (Wildman–Crippen MR) is 72.4 cm³/mol. The normalized spacial score (nSPS) is 10.3. The molecule has 0 radical (unpaired) electrons. The average Bonchev–Trinajstić information content (AvgIpc) is 2.93. The third-order valence-electron chi connectivity index (χ3n) is 2.84. The molecule has 0 saturated carbocycles. The van der Waals surface area contributed by atoms with Gasteiger partial charge in [-0.25, -0.2) is 4.98 Å². The third kappa shape index (κ3) is 4.91. The lowest BCUT2D eigenvalue weighted by molar-refractivity contribution is -0.121. The largest absolute Gasteiger partial charge is 0.354 e. The van der Waals surface area contributed by atoms with Crippen molar-refractivity contribution in [2.24, 2.45) is 0 Å². The number of rotatable bonds is 7. The fraction of sp³-hybridized carbons (Fsp3) is 0.357. The second-order valence-electron chi connectivity index (χ2n) is 4.35. The molecule has 1 aromatic carbocycles. The Hall–Kier alpha value is -2.17. The number of carbonyl (C=O) groups excluding carboxylic acids is 1. The van der Waals surface area contributed by atoms with E-state index in [1.54, 1.807) is 11.0 Å². The van der Waals surface area contributed by atoms with Crippen LogP contribution in [-0.2, 0) is 17.8 Å². The number of amides is 1. The number of hydrogen-bond acceptors (Lipinski definition) is 3. The highest BCUT2D eigenvalue weighted by molar-refractivity contribution is 5.75. The number of hydrogen-bond donors (Lipinski definition) is 1. The second kappa shape index (κ2) is 7.31. The molecule has 0 saturated heterocycles. The van der Waals surface area contributed by atoms with Crippen molar-refractivity contribution >= 4 is 5.91 Å². The fourth-order valence-electron chi connectivity index (χ4n) is 1.84. The number of nitrogens with one attached hydrogen (secondary N) is 1. The van der Waals surface area contributed by atoms with Crippen LogP contribution in [-0.4, -0.2) is 27.2 Å². The van der Waals surface area contributed by atoms with E-state index in [-0.39, 0.29) is 5.91 Å². The van der Waals surface area contributed by atoms with Crippen LogP contribution in [0.5, 0.6) is 0 Å². The molecule has 1 heterocycles. The first-order chi connectivity index (χ1) is 9.34. The van der Waals surface area contributed by atoms with Crippen LogP contribution in [0.2, 0.25) is 0 Å².